The van der Waals surface area contributed by atoms with E-state index in [9.17, 15) is 14.4 Å². The van der Waals surface area contributed by atoms with Crippen LogP contribution in [-0.2, 0) is 6.61 Å². The predicted octanol–water partition coefficient (Wildman–Crippen LogP) is 6.35. The van der Waals surface area contributed by atoms with E-state index in [-0.39, 0.29) is 23.8 Å². The van der Waals surface area contributed by atoms with E-state index in [4.69, 9.17) is 4.74 Å². The number of benzene rings is 4. The van der Waals surface area contributed by atoms with Gasteiger partial charge in [-0.05, 0) is 29.0 Å². The number of carbonyl (C=O) groups excluding carboxylic acids is 1. The lowest BCUT2D eigenvalue weighted by Gasteiger charge is -2.13. The second kappa shape index (κ2) is 9.06. The van der Waals surface area contributed by atoms with Crippen molar-refractivity contribution in [2.24, 2.45) is 0 Å². The first kappa shape index (κ1) is 20.1. The van der Waals surface area contributed by atoms with Crippen LogP contribution in [0.3, 0.4) is 0 Å². The highest BCUT2D eigenvalue weighted by Gasteiger charge is 2.15. The summed E-state index contributed by atoms with van der Waals surface area (Å²) in [6.45, 7) is 0.0281. The van der Waals surface area contributed by atoms with Gasteiger partial charge in [0.1, 0.15) is 29.8 Å². The van der Waals surface area contributed by atoms with Crippen molar-refractivity contribution in [3.63, 3.8) is 0 Å². The van der Waals surface area contributed by atoms with Gasteiger partial charge >= 0.3 is 0 Å². The highest BCUT2D eigenvalue weighted by atomic mass is 19.1. The zero-order valence-electron chi connectivity index (χ0n) is 16.6. The second-order valence-electron chi connectivity index (χ2n) is 6.94. The van der Waals surface area contributed by atoms with Gasteiger partial charge in [-0.25, -0.2) is 4.39 Å². The van der Waals surface area contributed by atoms with E-state index in [1.807, 2.05) is 42.5 Å². The number of nitriles is 1. The molecule has 0 fully saturated rings. The number of halogens is 1. The fraction of sp³-hybridized carbons (Fsp3) is 0.0370. The summed E-state index contributed by atoms with van der Waals surface area (Å²) in [7, 11) is 0. The molecule has 0 heterocycles. The molecule has 4 aromatic carbocycles. The average Bonchev–Trinajstić information content (AvgIpc) is 2.82. The summed E-state index contributed by atoms with van der Waals surface area (Å²) in [5, 5.41) is 11.5. The van der Waals surface area contributed by atoms with Crippen LogP contribution in [-0.4, -0.2) is 5.78 Å². The number of hydrogen-bond acceptors (Lipinski definition) is 3. The molecule has 4 rings (SSSR count). The Bertz CT molecular complexity index is 1320. The smallest absolute Gasteiger partial charge is 0.203 e. The second-order valence-corrected chi connectivity index (χ2v) is 6.94. The van der Waals surface area contributed by atoms with Crippen LogP contribution in [0.25, 0.3) is 16.8 Å². The van der Waals surface area contributed by atoms with Crippen molar-refractivity contribution in [3.05, 3.63) is 119 Å². The van der Waals surface area contributed by atoms with Crippen molar-refractivity contribution in [2.75, 3.05) is 0 Å². The van der Waals surface area contributed by atoms with E-state index < -0.39 is 0 Å². The van der Waals surface area contributed by atoms with E-state index in [1.54, 1.807) is 54.6 Å². The molecule has 0 spiro atoms. The van der Waals surface area contributed by atoms with Gasteiger partial charge in [0.05, 0.1) is 0 Å². The molecule has 0 aromatic heterocycles. The van der Waals surface area contributed by atoms with E-state index >= 15 is 0 Å². The average molecular weight is 407 g/mol. The minimum atomic E-state index is -0.365. The Kier molecular flexibility index (Phi) is 5.86. The molecule has 0 saturated heterocycles. The number of nitrogens with zero attached hydrogens (tertiary/aromatic N) is 1. The van der Waals surface area contributed by atoms with Crippen LogP contribution in [0.2, 0.25) is 0 Å². The van der Waals surface area contributed by atoms with Crippen LogP contribution < -0.4 is 4.74 Å². The predicted molar refractivity (Wildman–Crippen MR) is 119 cm³/mol. The van der Waals surface area contributed by atoms with Crippen LogP contribution in [0.5, 0.6) is 5.75 Å². The molecule has 0 aliphatic heterocycles. The van der Waals surface area contributed by atoms with Gasteiger partial charge in [0, 0.05) is 16.7 Å². The maximum Gasteiger partial charge on any atom is 0.203 e. The highest BCUT2D eigenvalue weighted by Crippen LogP contribution is 2.31. The zero-order valence-corrected chi connectivity index (χ0v) is 16.6. The number of Topliss-reactive ketones (excluding diaryl/α,β-unsaturated/α-hetero) is 1. The van der Waals surface area contributed by atoms with Gasteiger partial charge in [0.2, 0.25) is 5.78 Å². The molecule has 0 N–H and O–H groups in total. The Morgan fingerprint density at radius 3 is 2.39 bits per heavy atom. The third-order valence-corrected chi connectivity index (χ3v) is 4.96. The Morgan fingerprint density at radius 1 is 0.903 bits per heavy atom. The molecular formula is C27H18FNO2. The van der Waals surface area contributed by atoms with Crippen molar-refractivity contribution in [1.29, 1.82) is 5.26 Å². The van der Waals surface area contributed by atoms with Crippen molar-refractivity contribution >= 4 is 22.6 Å². The molecule has 0 atom stereocenters. The number of ketones is 1. The van der Waals surface area contributed by atoms with Gasteiger partial charge in [0.25, 0.3) is 0 Å². The third-order valence-electron chi connectivity index (χ3n) is 4.96. The number of carbonyl (C=O) groups is 1. The molecule has 0 radical (unpaired) electrons. The largest absolute Gasteiger partial charge is 0.488 e. The number of hydrogen-bond donors (Lipinski definition) is 0. The zero-order chi connectivity index (χ0) is 21.6. The number of rotatable bonds is 6. The summed E-state index contributed by atoms with van der Waals surface area (Å²) < 4.78 is 20.0. The fourth-order valence-corrected chi connectivity index (χ4v) is 3.36. The quantitative estimate of drug-likeness (QED) is 0.213. The molecule has 0 aliphatic rings. The van der Waals surface area contributed by atoms with Crippen LogP contribution >= 0.6 is 0 Å². The van der Waals surface area contributed by atoms with Crippen LogP contribution in [0.15, 0.2) is 96.6 Å². The Balaban J connectivity index is 1.78. The molecule has 3 nitrogen and oxygen atoms in total. The third kappa shape index (κ3) is 4.36. The van der Waals surface area contributed by atoms with Gasteiger partial charge in [-0.1, -0.05) is 78.9 Å². The van der Waals surface area contributed by atoms with Gasteiger partial charge < -0.3 is 4.74 Å². The van der Waals surface area contributed by atoms with Gasteiger partial charge in [-0.3, -0.25) is 4.79 Å². The lowest BCUT2D eigenvalue weighted by molar-refractivity contribution is 0.104. The van der Waals surface area contributed by atoms with Gasteiger partial charge in [-0.2, -0.15) is 5.26 Å². The Morgan fingerprint density at radius 2 is 1.61 bits per heavy atom. The summed E-state index contributed by atoms with van der Waals surface area (Å²) in [6.07, 6.45) is 1.55. The first-order chi connectivity index (χ1) is 15.2. The maximum atomic E-state index is 14.0. The lowest BCUT2D eigenvalue weighted by Crippen LogP contribution is -2.03. The minimum absolute atomic E-state index is 0.00158. The molecule has 4 heteroatoms. The molecule has 0 bridgehead atoms. The number of allylic oxidation sites excluding steroid dienone is 1. The molecule has 31 heavy (non-hydrogen) atoms. The van der Waals surface area contributed by atoms with E-state index in [2.05, 4.69) is 0 Å². The monoisotopic (exact) mass is 407 g/mol. The lowest BCUT2D eigenvalue weighted by atomic mass is 9.98. The molecule has 150 valence electrons. The summed E-state index contributed by atoms with van der Waals surface area (Å²) in [5.74, 6) is -0.246. The van der Waals surface area contributed by atoms with Crippen LogP contribution in [0.4, 0.5) is 4.39 Å². The first-order valence-corrected chi connectivity index (χ1v) is 9.77. The van der Waals surface area contributed by atoms with Crippen LogP contribution in [0, 0.1) is 17.1 Å². The van der Waals surface area contributed by atoms with Crippen molar-refractivity contribution in [3.8, 4) is 11.8 Å². The van der Waals surface area contributed by atoms with Gasteiger partial charge in [0.15, 0.2) is 0 Å². The SMILES string of the molecule is N#C/C(=C\c1c(OCc2ccccc2F)ccc2ccccc12)C(=O)c1ccccc1. The molecule has 0 saturated carbocycles. The molecule has 0 unspecified atom stereocenters. The van der Waals surface area contributed by atoms with Crippen molar-refractivity contribution in [2.45, 2.75) is 6.61 Å². The first-order valence-electron chi connectivity index (χ1n) is 9.77. The van der Waals surface area contributed by atoms with Crippen molar-refractivity contribution in [1.82, 2.24) is 0 Å². The molecule has 4 aromatic rings. The van der Waals surface area contributed by atoms with Crippen molar-refractivity contribution < 1.29 is 13.9 Å². The highest BCUT2D eigenvalue weighted by molar-refractivity contribution is 6.15. The van der Waals surface area contributed by atoms with Crippen LogP contribution in [0.1, 0.15) is 21.5 Å². The summed E-state index contributed by atoms with van der Waals surface area (Å²) >= 11 is 0. The van der Waals surface area contributed by atoms with E-state index in [0.29, 0.717) is 22.4 Å². The standard InChI is InChI=1S/C27H18FNO2/c28-25-13-7-5-11-21(25)18-31-26-15-14-19-8-4-6-12-23(19)24(26)16-22(17-29)27(30)20-9-2-1-3-10-20/h1-16H,18H2/b22-16+. The number of fused-ring (bicyclic) bond motifs is 1. The topological polar surface area (TPSA) is 50.1 Å². The molecule has 0 aliphatic carbocycles. The van der Waals surface area contributed by atoms with E-state index in [1.165, 1.54) is 6.07 Å². The van der Waals surface area contributed by atoms with E-state index in [0.717, 1.165) is 10.8 Å². The normalized spacial score (nSPS) is 11.2. The molecular weight excluding hydrogens is 389 g/mol. The minimum Gasteiger partial charge on any atom is -0.488 e. The molecule has 0 amide bonds. The Hall–Kier alpha value is -4.23. The fourth-order valence-electron chi connectivity index (χ4n) is 3.36. The maximum absolute atomic E-state index is 14.0. The summed E-state index contributed by atoms with van der Waals surface area (Å²) in [6, 6.07) is 28.4. The summed E-state index contributed by atoms with van der Waals surface area (Å²) in [5.41, 5.74) is 1.46. The van der Waals surface area contributed by atoms with Gasteiger partial charge in [-0.15, -0.1) is 0 Å². The Labute approximate surface area is 179 Å². The summed E-state index contributed by atoms with van der Waals surface area (Å²) in [4.78, 5) is 12.9. The number of ether oxygens (including phenoxy) is 1.